The van der Waals surface area contributed by atoms with Crippen LogP contribution in [0.1, 0.15) is 46.5 Å². The van der Waals surface area contributed by atoms with Gasteiger partial charge in [-0.1, -0.05) is 32.9 Å². The Bertz CT molecular complexity index is 1110. The molecule has 0 aromatic heterocycles. The number of nitrogens with one attached hydrogen (secondary N) is 2. The van der Waals surface area contributed by atoms with Gasteiger partial charge in [0.05, 0.1) is 17.5 Å². The predicted octanol–water partition coefficient (Wildman–Crippen LogP) is 1.54. The lowest BCUT2D eigenvalue weighted by Crippen LogP contribution is -2.61. The highest BCUT2D eigenvalue weighted by molar-refractivity contribution is 5.93. The molecule has 1 saturated carbocycles. The van der Waals surface area contributed by atoms with E-state index >= 15 is 0 Å². The third-order valence-corrected chi connectivity index (χ3v) is 9.54. The van der Waals surface area contributed by atoms with E-state index in [1.165, 1.54) is 9.80 Å². The first-order chi connectivity index (χ1) is 18.2. The summed E-state index contributed by atoms with van der Waals surface area (Å²) < 4.78 is 39.8. The molecule has 0 aromatic carbocycles. The fourth-order valence-electron chi connectivity index (χ4n) is 7.64. The molecular formula is C27H36F3N5O4. The molecule has 1 spiro atoms. The second-order valence-electron chi connectivity index (χ2n) is 13.0. The molecule has 2 aliphatic carbocycles. The summed E-state index contributed by atoms with van der Waals surface area (Å²) in [5.74, 6) is -1.33. The minimum atomic E-state index is -4.98. The molecule has 12 heteroatoms. The van der Waals surface area contributed by atoms with Crippen molar-refractivity contribution in [2.75, 3.05) is 19.6 Å². The third-order valence-electron chi connectivity index (χ3n) is 9.54. The Kier molecular flexibility index (Phi) is 6.78. The smallest absolute Gasteiger partial charge is 0.370 e. The van der Waals surface area contributed by atoms with Crippen LogP contribution in [-0.4, -0.2) is 82.8 Å². The number of alkyl halides is 3. The van der Waals surface area contributed by atoms with E-state index in [0.717, 1.165) is 12.8 Å². The van der Waals surface area contributed by atoms with E-state index < -0.39 is 53.2 Å². The summed E-state index contributed by atoms with van der Waals surface area (Å²) >= 11 is 0. The molecule has 5 aliphatic rings. The van der Waals surface area contributed by atoms with Crippen molar-refractivity contribution in [3.05, 3.63) is 12.2 Å². The van der Waals surface area contributed by atoms with E-state index in [4.69, 9.17) is 0 Å². The van der Waals surface area contributed by atoms with Gasteiger partial charge in [-0.3, -0.25) is 19.7 Å². The van der Waals surface area contributed by atoms with Crippen LogP contribution >= 0.6 is 0 Å². The zero-order valence-corrected chi connectivity index (χ0v) is 22.4. The Balaban J connectivity index is 1.47. The van der Waals surface area contributed by atoms with Crippen LogP contribution in [0, 0.1) is 45.8 Å². The minimum Gasteiger partial charge on any atom is -0.370 e. The Morgan fingerprint density at radius 2 is 1.92 bits per heavy atom. The van der Waals surface area contributed by atoms with E-state index in [9.17, 15) is 37.9 Å². The van der Waals surface area contributed by atoms with Crippen molar-refractivity contribution in [3.8, 4) is 6.07 Å². The van der Waals surface area contributed by atoms with Crippen LogP contribution in [0.3, 0.4) is 0 Å². The fourth-order valence-corrected chi connectivity index (χ4v) is 7.64. The van der Waals surface area contributed by atoms with Crippen LogP contribution in [0.4, 0.5) is 13.2 Å². The number of nitriles is 1. The Hall–Kier alpha value is -2.65. The lowest BCUT2D eigenvalue weighted by atomic mass is 9.78. The number of carbonyl (C=O) groups excluding carboxylic acids is 3. The summed E-state index contributed by atoms with van der Waals surface area (Å²) in [5, 5.41) is 24.7. The van der Waals surface area contributed by atoms with E-state index in [1.807, 2.05) is 0 Å². The molecule has 9 atom stereocenters. The maximum absolute atomic E-state index is 14.3. The SMILES string of the molecule is CC(C)(C)[C@H](NC(O)C(F)(F)F)C(=O)N1C[C@H]2[C@@H]([C@H]1C(=O)N1C[C@@]3(CCCNC3=O)C[C@H]1C#N)[C@H]1C=C[C@@H]2C1. The Labute approximate surface area is 225 Å². The monoisotopic (exact) mass is 551 g/mol. The molecule has 0 aromatic rings. The summed E-state index contributed by atoms with van der Waals surface area (Å²) in [7, 11) is 0. The second-order valence-corrected chi connectivity index (χ2v) is 13.0. The topological polar surface area (TPSA) is 126 Å². The summed E-state index contributed by atoms with van der Waals surface area (Å²) in [6.45, 7) is 5.62. The number of nitrogens with zero attached hydrogens (tertiary/aromatic N) is 3. The maximum atomic E-state index is 14.3. The van der Waals surface area contributed by atoms with E-state index in [2.05, 4.69) is 28.9 Å². The van der Waals surface area contributed by atoms with Gasteiger partial charge in [0.1, 0.15) is 12.1 Å². The number of amides is 3. The molecule has 1 unspecified atom stereocenters. The average Bonchev–Trinajstić information content (AvgIpc) is 3.62. The minimum absolute atomic E-state index is 0.0267. The van der Waals surface area contributed by atoms with Crippen molar-refractivity contribution in [2.45, 2.75) is 77.0 Å². The molecule has 4 fully saturated rings. The number of rotatable bonds is 4. The standard InChI is InChI=1S/C27H36F3N5O4/c1-25(2,3)20(33-24(39)27(28,29)30)22(37)34-12-17-14-5-6-15(9-14)18(17)19(34)21(36)35-13-26(10-16(35)11-31)7-4-8-32-23(26)38/h5-6,14-20,24,33,39H,4,7-10,12-13H2,1-3H3,(H,32,38)/t14-,15+,16+,17-,18+,19+,20-,24?,26-/m1/s1. The Morgan fingerprint density at radius 1 is 1.23 bits per heavy atom. The third kappa shape index (κ3) is 4.61. The fraction of sp³-hybridized carbons (Fsp3) is 0.778. The molecule has 2 bridgehead atoms. The molecule has 39 heavy (non-hydrogen) atoms. The highest BCUT2D eigenvalue weighted by Gasteiger charge is 2.61. The second kappa shape index (κ2) is 9.47. The number of carbonyl (C=O) groups is 3. The van der Waals surface area contributed by atoms with Crippen LogP contribution in [0.25, 0.3) is 0 Å². The number of allylic oxidation sites excluding steroid dienone is 2. The maximum Gasteiger partial charge on any atom is 0.427 e. The highest BCUT2D eigenvalue weighted by atomic mass is 19.4. The van der Waals surface area contributed by atoms with Crippen LogP contribution < -0.4 is 10.6 Å². The lowest BCUT2D eigenvalue weighted by Gasteiger charge is -2.39. The number of halogens is 3. The van der Waals surface area contributed by atoms with Gasteiger partial charge in [0.25, 0.3) is 0 Å². The van der Waals surface area contributed by atoms with Gasteiger partial charge < -0.3 is 20.2 Å². The zero-order chi connectivity index (χ0) is 28.5. The Morgan fingerprint density at radius 3 is 2.54 bits per heavy atom. The quantitative estimate of drug-likeness (QED) is 0.360. The number of hydrogen-bond acceptors (Lipinski definition) is 6. The number of likely N-dealkylation sites (tertiary alicyclic amines) is 2. The van der Waals surface area contributed by atoms with Gasteiger partial charge in [-0.2, -0.15) is 18.4 Å². The van der Waals surface area contributed by atoms with Crippen molar-refractivity contribution >= 4 is 17.7 Å². The van der Waals surface area contributed by atoms with E-state index in [1.54, 1.807) is 20.8 Å². The average molecular weight is 552 g/mol. The molecule has 3 heterocycles. The van der Waals surface area contributed by atoms with Gasteiger partial charge in [-0.05, 0) is 54.8 Å². The lowest BCUT2D eigenvalue weighted by molar-refractivity contribution is -0.218. The predicted molar refractivity (Wildman–Crippen MR) is 132 cm³/mol. The number of piperidine rings is 1. The van der Waals surface area contributed by atoms with Crippen molar-refractivity contribution in [1.29, 1.82) is 5.26 Å². The normalized spacial score (nSPS) is 37.1. The van der Waals surface area contributed by atoms with Crippen molar-refractivity contribution in [2.24, 2.45) is 34.5 Å². The summed E-state index contributed by atoms with van der Waals surface area (Å²) in [4.78, 5) is 44.0. The van der Waals surface area contributed by atoms with E-state index in [-0.39, 0.29) is 49.1 Å². The number of fused-ring (bicyclic) bond motifs is 5. The van der Waals surface area contributed by atoms with Gasteiger partial charge in [-0.25, -0.2) is 0 Å². The molecule has 3 amide bonds. The first-order valence-corrected chi connectivity index (χ1v) is 13.7. The molecule has 5 rings (SSSR count). The van der Waals surface area contributed by atoms with E-state index in [0.29, 0.717) is 13.0 Å². The molecule has 0 radical (unpaired) electrons. The highest BCUT2D eigenvalue weighted by Crippen LogP contribution is 2.55. The summed E-state index contributed by atoms with van der Waals surface area (Å²) in [5.41, 5.74) is -1.87. The number of aliphatic hydroxyl groups is 1. The molecular weight excluding hydrogens is 515 g/mol. The van der Waals surface area contributed by atoms with Crippen LogP contribution in [0.2, 0.25) is 0 Å². The van der Waals surface area contributed by atoms with Gasteiger partial charge >= 0.3 is 6.18 Å². The van der Waals surface area contributed by atoms with Crippen molar-refractivity contribution < 1.29 is 32.7 Å². The largest absolute Gasteiger partial charge is 0.427 e. The zero-order valence-electron chi connectivity index (χ0n) is 22.4. The van der Waals surface area contributed by atoms with Gasteiger partial charge in [-0.15, -0.1) is 0 Å². The van der Waals surface area contributed by atoms with Gasteiger partial charge in [0.15, 0.2) is 0 Å². The summed E-state index contributed by atoms with van der Waals surface area (Å²) in [6.07, 6.45) is -1.40. The summed E-state index contributed by atoms with van der Waals surface area (Å²) in [6, 6.07) is -1.05. The molecule has 214 valence electrons. The first-order valence-electron chi connectivity index (χ1n) is 13.7. The molecule has 3 aliphatic heterocycles. The molecule has 3 N–H and O–H groups in total. The molecule has 3 saturated heterocycles. The number of aliphatic hydroxyl groups excluding tert-OH is 1. The van der Waals surface area contributed by atoms with Gasteiger partial charge in [0, 0.05) is 19.6 Å². The van der Waals surface area contributed by atoms with Crippen LogP contribution in [-0.2, 0) is 14.4 Å². The van der Waals surface area contributed by atoms with Crippen molar-refractivity contribution in [1.82, 2.24) is 20.4 Å². The van der Waals surface area contributed by atoms with Crippen LogP contribution in [0.5, 0.6) is 0 Å². The first kappa shape index (κ1) is 27.9. The number of hydrogen-bond donors (Lipinski definition) is 3. The van der Waals surface area contributed by atoms with Crippen LogP contribution in [0.15, 0.2) is 12.2 Å². The molecule has 9 nitrogen and oxygen atoms in total. The van der Waals surface area contributed by atoms with Crippen molar-refractivity contribution in [3.63, 3.8) is 0 Å². The van der Waals surface area contributed by atoms with Gasteiger partial charge in [0.2, 0.25) is 23.9 Å².